The molecule has 128 valence electrons. The largest absolute Gasteiger partial charge is 0.382 e. The Hall–Kier alpha value is -2.30. The summed E-state index contributed by atoms with van der Waals surface area (Å²) in [6, 6.07) is 8.58. The highest BCUT2D eigenvalue weighted by atomic mass is 16.1. The number of nitrogens with one attached hydrogen (secondary N) is 3. The minimum absolute atomic E-state index is 0.0180. The second kappa shape index (κ2) is 7.51. The maximum atomic E-state index is 12.2. The van der Waals surface area contributed by atoms with Gasteiger partial charge in [0.25, 0.3) is 0 Å². The summed E-state index contributed by atoms with van der Waals surface area (Å²) in [7, 11) is 0. The fourth-order valence-corrected chi connectivity index (χ4v) is 3.33. The highest BCUT2D eigenvalue weighted by molar-refractivity contribution is 5.92. The van der Waals surface area contributed by atoms with Gasteiger partial charge in [0, 0.05) is 28.7 Å². The molecule has 5 nitrogen and oxygen atoms in total. The van der Waals surface area contributed by atoms with Crippen LogP contribution in [0.5, 0.6) is 0 Å². The second-order valence-electron chi connectivity index (χ2n) is 6.69. The first-order valence-corrected chi connectivity index (χ1v) is 8.78. The molecule has 1 aliphatic rings. The topological polar surface area (TPSA) is 69.8 Å². The molecule has 3 N–H and O–H groups in total. The van der Waals surface area contributed by atoms with E-state index in [1.54, 1.807) is 0 Å². The van der Waals surface area contributed by atoms with Gasteiger partial charge in [-0.3, -0.25) is 9.89 Å². The second-order valence-corrected chi connectivity index (χ2v) is 6.69. The van der Waals surface area contributed by atoms with Crippen molar-refractivity contribution in [2.45, 2.75) is 58.4 Å². The van der Waals surface area contributed by atoms with E-state index in [0.29, 0.717) is 12.5 Å². The van der Waals surface area contributed by atoms with Crippen LogP contribution >= 0.6 is 0 Å². The van der Waals surface area contributed by atoms with E-state index in [1.165, 1.54) is 32.1 Å². The summed E-state index contributed by atoms with van der Waals surface area (Å²) in [6.45, 7) is 3.85. The molecule has 24 heavy (non-hydrogen) atoms. The van der Waals surface area contributed by atoms with Crippen LogP contribution in [0.25, 0.3) is 0 Å². The number of hydrogen-bond acceptors (Lipinski definition) is 3. The molecule has 0 aliphatic heterocycles. The number of carbonyl (C=O) groups is 1. The van der Waals surface area contributed by atoms with Crippen LogP contribution in [-0.2, 0) is 11.2 Å². The average molecular weight is 326 g/mol. The number of nitrogens with zero attached hydrogens (tertiary/aromatic N) is 1. The van der Waals surface area contributed by atoms with E-state index in [2.05, 4.69) is 20.8 Å². The van der Waals surface area contributed by atoms with E-state index in [-0.39, 0.29) is 5.91 Å². The van der Waals surface area contributed by atoms with Gasteiger partial charge in [0.05, 0.1) is 12.1 Å². The first kappa shape index (κ1) is 16.6. The third kappa shape index (κ3) is 4.16. The van der Waals surface area contributed by atoms with E-state index in [4.69, 9.17) is 0 Å². The molecule has 3 rings (SSSR count). The summed E-state index contributed by atoms with van der Waals surface area (Å²) in [5, 5.41) is 13.6. The summed E-state index contributed by atoms with van der Waals surface area (Å²) in [4.78, 5) is 12.2. The van der Waals surface area contributed by atoms with Crippen LogP contribution in [0.3, 0.4) is 0 Å². The number of hydrogen-bond donors (Lipinski definition) is 3. The van der Waals surface area contributed by atoms with E-state index in [9.17, 15) is 4.79 Å². The summed E-state index contributed by atoms with van der Waals surface area (Å²) in [5.74, 6) is -0.0180. The molecule has 1 aliphatic carbocycles. The molecule has 0 bridgehead atoms. The van der Waals surface area contributed by atoms with Crippen molar-refractivity contribution in [3.8, 4) is 0 Å². The molecule has 0 spiro atoms. The molecule has 1 aromatic heterocycles. The number of H-pyrrole nitrogens is 1. The standard InChI is InChI=1S/C19H26N4O/c1-13-18(14(2)23-22-13)12-19(24)21-17-10-8-16(9-11-17)20-15-6-4-3-5-7-15/h8-11,15,20H,3-7,12H2,1-2H3,(H,21,24)(H,22,23). The Bertz CT molecular complexity index is 664. The van der Waals surface area contributed by atoms with Crippen LogP contribution in [0.4, 0.5) is 11.4 Å². The number of amides is 1. The monoisotopic (exact) mass is 326 g/mol. The molecule has 2 aromatic rings. The molecule has 0 atom stereocenters. The highest BCUT2D eigenvalue weighted by Gasteiger charge is 2.13. The zero-order valence-electron chi connectivity index (χ0n) is 14.5. The van der Waals surface area contributed by atoms with Gasteiger partial charge in [-0.15, -0.1) is 0 Å². The average Bonchev–Trinajstić information content (AvgIpc) is 2.89. The number of rotatable bonds is 5. The summed E-state index contributed by atoms with van der Waals surface area (Å²) in [5.41, 5.74) is 4.77. The van der Waals surface area contributed by atoms with Crippen LogP contribution in [0.2, 0.25) is 0 Å². The molecular formula is C19H26N4O. The summed E-state index contributed by atoms with van der Waals surface area (Å²) < 4.78 is 0. The number of aromatic amines is 1. The SMILES string of the molecule is Cc1n[nH]c(C)c1CC(=O)Nc1ccc(NC2CCCCC2)cc1. The lowest BCUT2D eigenvalue weighted by molar-refractivity contribution is -0.115. The minimum atomic E-state index is -0.0180. The summed E-state index contributed by atoms with van der Waals surface area (Å²) >= 11 is 0. The van der Waals surface area contributed by atoms with Crippen LogP contribution in [0.15, 0.2) is 24.3 Å². The smallest absolute Gasteiger partial charge is 0.228 e. The van der Waals surface area contributed by atoms with Gasteiger partial charge in [-0.05, 0) is 51.0 Å². The molecule has 0 saturated heterocycles. The highest BCUT2D eigenvalue weighted by Crippen LogP contribution is 2.22. The maximum Gasteiger partial charge on any atom is 0.228 e. The van der Waals surface area contributed by atoms with Crippen LogP contribution in [0, 0.1) is 13.8 Å². The third-order valence-corrected chi connectivity index (χ3v) is 4.76. The predicted octanol–water partition coefficient (Wildman–Crippen LogP) is 3.95. The van der Waals surface area contributed by atoms with E-state index in [0.717, 1.165) is 28.3 Å². The lowest BCUT2D eigenvalue weighted by Gasteiger charge is -2.23. The van der Waals surface area contributed by atoms with E-state index in [1.807, 2.05) is 38.1 Å². The van der Waals surface area contributed by atoms with E-state index >= 15 is 0 Å². The van der Waals surface area contributed by atoms with Gasteiger partial charge in [0.15, 0.2) is 0 Å². The van der Waals surface area contributed by atoms with Crippen LogP contribution < -0.4 is 10.6 Å². The Kier molecular flexibility index (Phi) is 5.18. The van der Waals surface area contributed by atoms with Crippen LogP contribution in [-0.4, -0.2) is 22.1 Å². The number of benzene rings is 1. The lowest BCUT2D eigenvalue weighted by atomic mass is 9.95. The number of aromatic nitrogens is 2. The molecule has 1 heterocycles. The van der Waals surface area contributed by atoms with Gasteiger partial charge in [-0.2, -0.15) is 5.10 Å². The normalized spacial score (nSPS) is 15.2. The summed E-state index contributed by atoms with van der Waals surface area (Å²) in [6.07, 6.45) is 6.84. The Morgan fingerprint density at radius 3 is 2.42 bits per heavy atom. The Labute approximate surface area is 143 Å². The Balaban J connectivity index is 1.54. The maximum absolute atomic E-state index is 12.2. The van der Waals surface area contributed by atoms with Crippen LogP contribution in [0.1, 0.15) is 49.1 Å². The predicted molar refractivity (Wildman–Crippen MR) is 97.3 cm³/mol. The Morgan fingerprint density at radius 1 is 1.12 bits per heavy atom. The minimum Gasteiger partial charge on any atom is -0.382 e. The first-order chi connectivity index (χ1) is 11.6. The fraction of sp³-hybridized carbons (Fsp3) is 0.474. The van der Waals surface area contributed by atoms with Crippen molar-refractivity contribution in [1.82, 2.24) is 10.2 Å². The molecule has 1 amide bonds. The van der Waals surface area contributed by atoms with Crippen molar-refractivity contribution in [1.29, 1.82) is 0 Å². The van der Waals surface area contributed by atoms with Gasteiger partial charge < -0.3 is 10.6 Å². The van der Waals surface area contributed by atoms with Crippen molar-refractivity contribution >= 4 is 17.3 Å². The molecule has 0 radical (unpaired) electrons. The molecule has 0 unspecified atom stereocenters. The third-order valence-electron chi connectivity index (χ3n) is 4.76. The zero-order valence-corrected chi connectivity index (χ0v) is 14.5. The molecule has 1 aromatic carbocycles. The molecular weight excluding hydrogens is 300 g/mol. The zero-order chi connectivity index (χ0) is 16.9. The number of carbonyl (C=O) groups excluding carboxylic acids is 1. The quantitative estimate of drug-likeness (QED) is 0.779. The van der Waals surface area contributed by atoms with Gasteiger partial charge in [-0.1, -0.05) is 19.3 Å². The number of aryl methyl sites for hydroxylation is 2. The van der Waals surface area contributed by atoms with Gasteiger partial charge in [0.1, 0.15) is 0 Å². The molecule has 1 fully saturated rings. The van der Waals surface area contributed by atoms with E-state index < -0.39 is 0 Å². The van der Waals surface area contributed by atoms with Crippen molar-refractivity contribution in [3.05, 3.63) is 41.2 Å². The van der Waals surface area contributed by atoms with Gasteiger partial charge in [0.2, 0.25) is 5.91 Å². The van der Waals surface area contributed by atoms with Crippen molar-refractivity contribution in [2.75, 3.05) is 10.6 Å². The number of anilines is 2. The van der Waals surface area contributed by atoms with Crippen molar-refractivity contribution in [2.24, 2.45) is 0 Å². The van der Waals surface area contributed by atoms with Crippen molar-refractivity contribution < 1.29 is 4.79 Å². The lowest BCUT2D eigenvalue weighted by Crippen LogP contribution is -2.22. The first-order valence-electron chi connectivity index (χ1n) is 8.78. The Morgan fingerprint density at radius 2 is 1.79 bits per heavy atom. The molecule has 5 heteroatoms. The molecule has 1 saturated carbocycles. The van der Waals surface area contributed by atoms with Gasteiger partial charge in [-0.25, -0.2) is 0 Å². The van der Waals surface area contributed by atoms with Gasteiger partial charge >= 0.3 is 0 Å². The van der Waals surface area contributed by atoms with Crippen molar-refractivity contribution in [3.63, 3.8) is 0 Å². The fourth-order valence-electron chi connectivity index (χ4n) is 3.33.